The molecule has 21 heavy (non-hydrogen) atoms. The zero-order valence-electron chi connectivity index (χ0n) is 12.3. The van der Waals surface area contributed by atoms with Crippen LogP contribution in [0.5, 0.6) is 0 Å². The van der Waals surface area contributed by atoms with Crippen LogP contribution in [0, 0.1) is 12.7 Å². The van der Waals surface area contributed by atoms with Crippen molar-refractivity contribution >= 4 is 11.8 Å². The molecule has 0 unspecified atom stereocenters. The first kappa shape index (κ1) is 15.4. The monoisotopic (exact) mass is 294 g/mol. The topological polar surface area (TPSA) is 49.9 Å². The van der Waals surface area contributed by atoms with Crippen molar-refractivity contribution in [3.05, 3.63) is 35.1 Å². The van der Waals surface area contributed by atoms with Gasteiger partial charge in [-0.25, -0.2) is 4.39 Å². The first-order valence-corrected chi connectivity index (χ1v) is 6.85. The molecule has 114 valence electrons. The maximum atomic E-state index is 13.8. The number of piperazine rings is 1. The lowest BCUT2D eigenvalue weighted by Crippen LogP contribution is -2.51. The number of nitrogens with zero attached hydrogens (tertiary/aromatic N) is 2. The van der Waals surface area contributed by atoms with Crippen LogP contribution in [0.4, 0.5) is 4.39 Å². The summed E-state index contributed by atoms with van der Waals surface area (Å²) in [6.45, 7) is 3.52. The van der Waals surface area contributed by atoms with Crippen molar-refractivity contribution in [1.82, 2.24) is 9.80 Å². The number of amides is 2. The average molecular weight is 294 g/mol. The van der Waals surface area contributed by atoms with Crippen molar-refractivity contribution in [1.29, 1.82) is 0 Å². The van der Waals surface area contributed by atoms with Crippen LogP contribution in [0.3, 0.4) is 0 Å². The maximum absolute atomic E-state index is 13.8. The Hall–Kier alpha value is -1.95. The zero-order chi connectivity index (χ0) is 15.4. The van der Waals surface area contributed by atoms with E-state index < -0.39 is 5.82 Å². The molecule has 1 aromatic carbocycles. The predicted molar refractivity (Wildman–Crippen MR) is 75.5 cm³/mol. The van der Waals surface area contributed by atoms with Crippen molar-refractivity contribution in [2.24, 2.45) is 0 Å². The van der Waals surface area contributed by atoms with Crippen LogP contribution in [-0.4, -0.2) is 61.5 Å². The van der Waals surface area contributed by atoms with Crippen LogP contribution in [-0.2, 0) is 9.53 Å². The Morgan fingerprint density at radius 3 is 2.38 bits per heavy atom. The highest BCUT2D eigenvalue weighted by molar-refractivity contribution is 5.94. The van der Waals surface area contributed by atoms with Gasteiger partial charge in [0.25, 0.3) is 5.91 Å². The summed E-state index contributed by atoms with van der Waals surface area (Å²) in [5, 5.41) is 0. The molecule has 0 aromatic heterocycles. The van der Waals surface area contributed by atoms with Crippen molar-refractivity contribution in [3.63, 3.8) is 0 Å². The second-order valence-electron chi connectivity index (χ2n) is 5.09. The molecule has 1 aliphatic rings. The number of hydrogen-bond donors (Lipinski definition) is 0. The zero-order valence-corrected chi connectivity index (χ0v) is 12.3. The Labute approximate surface area is 123 Å². The van der Waals surface area contributed by atoms with E-state index in [0.717, 1.165) is 5.56 Å². The molecule has 6 heteroatoms. The van der Waals surface area contributed by atoms with Gasteiger partial charge in [0, 0.05) is 33.3 Å². The molecule has 0 N–H and O–H groups in total. The fraction of sp³-hybridized carbons (Fsp3) is 0.467. The summed E-state index contributed by atoms with van der Waals surface area (Å²) in [5.74, 6) is -0.921. The number of hydrogen-bond acceptors (Lipinski definition) is 3. The minimum atomic E-state index is -0.502. The molecule has 0 bridgehead atoms. The van der Waals surface area contributed by atoms with Crippen molar-refractivity contribution in [2.45, 2.75) is 6.92 Å². The predicted octanol–water partition coefficient (Wildman–Crippen LogP) is 1.06. The molecule has 5 nitrogen and oxygen atoms in total. The summed E-state index contributed by atoms with van der Waals surface area (Å²) in [4.78, 5) is 27.2. The first-order valence-electron chi connectivity index (χ1n) is 6.85. The van der Waals surface area contributed by atoms with Crippen molar-refractivity contribution in [3.8, 4) is 0 Å². The second kappa shape index (κ2) is 6.67. The lowest BCUT2D eigenvalue weighted by atomic mass is 10.1. The molecule has 1 aromatic rings. The van der Waals surface area contributed by atoms with Crippen LogP contribution in [0.15, 0.2) is 18.2 Å². The van der Waals surface area contributed by atoms with E-state index >= 15 is 0 Å². The molecule has 0 saturated carbocycles. The van der Waals surface area contributed by atoms with Crippen molar-refractivity contribution < 1.29 is 18.7 Å². The van der Waals surface area contributed by atoms with Crippen molar-refractivity contribution in [2.75, 3.05) is 39.9 Å². The number of methoxy groups -OCH3 is 1. The third kappa shape index (κ3) is 3.58. The normalized spacial score (nSPS) is 15.2. The molecule has 0 radical (unpaired) electrons. The van der Waals surface area contributed by atoms with Gasteiger partial charge in [0.1, 0.15) is 12.4 Å². The molecule has 0 spiro atoms. The van der Waals surface area contributed by atoms with Gasteiger partial charge < -0.3 is 14.5 Å². The highest BCUT2D eigenvalue weighted by atomic mass is 19.1. The van der Waals surface area contributed by atoms with E-state index in [2.05, 4.69) is 0 Å². The van der Waals surface area contributed by atoms with Crippen LogP contribution in [0.2, 0.25) is 0 Å². The average Bonchev–Trinajstić information content (AvgIpc) is 2.47. The van der Waals surface area contributed by atoms with Gasteiger partial charge in [0.15, 0.2) is 0 Å². The number of carbonyl (C=O) groups is 2. The molecule has 2 amide bonds. The molecule has 2 rings (SSSR count). The van der Waals surface area contributed by atoms with E-state index in [1.807, 2.05) is 0 Å². The smallest absolute Gasteiger partial charge is 0.256 e. The van der Waals surface area contributed by atoms with Gasteiger partial charge in [-0.15, -0.1) is 0 Å². The molecule has 1 heterocycles. The van der Waals surface area contributed by atoms with E-state index in [-0.39, 0.29) is 24.0 Å². The third-order valence-corrected chi connectivity index (χ3v) is 3.54. The fourth-order valence-corrected chi connectivity index (χ4v) is 2.34. The lowest BCUT2D eigenvalue weighted by molar-refractivity contribution is -0.136. The number of rotatable bonds is 3. The second-order valence-corrected chi connectivity index (χ2v) is 5.09. The van der Waals surface area contributed by atoms with Gasteiger partial charge in [-0.1, -0.05) is 6.07 Å². The summed E-state index contributed by atoms with van der Waals surface area (Å²) < 4.78 is 18.6. The van der Waals surface area contributed by atoms with E-state index in [1.54, 1.807) is 22.8 Å². The van der Waals surface area contributed by atoms with Gasteiger partial charge in [0.05, 0.1) is 5.56 Å². The first-order chi connectivity index (χ1) is 10.0. The number of halogens is 1. The summed E-state index contributed by atoms with van der Waals surface area (Å²) in [5.41, 5.74) is 0.858. The molecule has 1 saturated heterocycles. The Kier molecular flexibility index (Phi) is 4.90. The van der Waals surface area contributed by atoms with Crippen LogP contribution >= 0.6 is 0 Å². The van der Waals surface area contributed by atoms with Crippen LogP contribution < -0.4 is 0 Å². The minimum absolute atomic E-state index is 0.0422. The maximum Gasteiger partial charge on any atom is 0.256 e. The summed E-state index contributed by atoms with van der Waals surface area (Å²) in [7, 11) is 1.47. The molecular formula is C15H19FN2O3. The van der Waals surface area contributed by atoms with Gasteiger partial charge >= 0.3 is 0 Å². The van der Waals surface area contributed by atoms with Gasteiger partial charge in [-0.3, -0.25) is 9.59 Å². The molecular weight excluding hydrogens is 275 g/mol. The summed E-state index contributed by atoms with van der Waals surface area (Å²) in [6, 6.07) is 4.58. The van der Waals surface area contributed by atoms with Crippen LogP contribution in [0.1, 0.15) is 15.9 Å². The number of carbonyl (C=O) groups excluding carboxylic acids is 2. The van der Waals surface area contributed by atoms with Gasteiger partial charge in [-0.2, -0.15) is 0 Å². The Morgan fingerprint density at radius 1 is 1.19 bits per heavy atom. The lowest BCUT2D eigenvalue weighted by Gasteiger charge is -2.34. The molecule has 1 aliphatic heterocycles. The fourth-order valence-electron chi connectivity index (χ4n) is 2.34. The van der Waals surface area contributed by atoms with E-state index in [1.165, 1.54) is 19.2 Å². The minimum Gasteiger partial charge on any atom is -0.375 e. The highest BCUT2D eigenvalue weighted by Crippen LogP contribution is 2.14. The van der Waals surface area contributed by atoms with E-state index in [4.69, 9.17) is 4.74 Å². The highest BCUT2D eigenvalue weighted by Gasteiger charge is 2.26. The summed E-state index contributed by atoms with van der Waals surface area (Å²) in [6.07, 6.45) is 0. The molecule has 0 aliphatic carbocycles. The number of benzene rings is 1. The standard InChI is InChI=1S/C15H19FN2O3/c1-11-3-4-12(13(16)9-11)15(20)18-7-5-17(6-8-18)14(19)10-21-2/h3-4,9H,5-8,10H2,1-2H3. The quantitative estimate of drug-likeness (QED) is 0.838. The summed E-state index contributed by atoms with van der Waals surface area (Å²) >= 11 is 0. The van der Waals surface area contributed by atoms with E-state index in [9.17, 15) is 14.0 Å². The van der Waals surface area contributed by atoms with Gasteiger partial charge in [0.2, 0.25) is 5.91 Å². The third-order valence-electron chi connectivity index (χ3n) is 3.54. The largest absolute Gasteiger partial charge is 0.375 e. The van der Waals surface area contributed by atoms with E-state index in [0.29, 0.717) is 26.2 Å². The Balaban J connectivity index is 1.98. The SMILES string of the molecule is COCC(=O)N1CCN(C(=O)c2ccc(C)cc2F)CC1. The number of ether oxygens (including phenoxy) is 1. The number of aryl methyl sites for hydroxylation is 1. The Morgan fingerprint density at radius 2 is 1.81 bits per heavy atom. The van der Waals surface area contributed by atoms with Gasteiger partial charge in [-0.05, 0) is 24.6 Å². The van der Waals surface area contributed by atoms with Crippen LogP contribution in [0.25, 0.3) is 0 Å². The molecule has 0 atom stereocenters. The Bertz CT molecular complexity index is 540. The molecule has 1 fully saturated rings.